The van der Waals surface area contributed by atoms with E-state index < -0.39 is 5.54 Å². The minimum atomic E-state index is -0.436. The van der Waals surface area contributed by atoms with E-state index in [4.69, 9.17) is 9.73 Å². The first-order valence-electron chi connectivity index (χ1n) is 10.6. The maximum Gasteiger partial charge on any atom is 0.275 e. The Bertz CT molecular complexity index is 1140. The summed E-state index contributed by atoms with van der Waals surface area (Å²) in [6, 6.07) is 15.9. The van der Waals surface area contributed by atoms with Crippen LogP contribution in [-0.2, 0) is 11.3 Å². The molecule has 1 aromatic heterocycles. The van der Waals surface area contributed by atoms with Gasteiger partial charge in [0.1, 0.15) is 5.84 Å². The van der Waals surface area contributed by atoms with Crippen molar-refractivity contribution in [3.05, 3.63) is 59.8 Å². The summed E-state index contributed by atoms with van der Waals surface area (Å²) in [6.07, 6.45) is 0.772. The third-order valence-corrected chi connectivity index (χ3v) is 6.14. The number of nitrogens with one attached hydrogen (secondary N) is 3. The van der Waals surface area contributed by atoms with Crippen LogP contribution in [0, 0.1) is 0 Å². The Hall–Kier alpha value is -3.23. The fourth-order valence-corrected chi connectivity index (χ4v) is 4.43. The zero-order valence-electron chi connectivity index (χ0n) is 17.5. The number of ether oxygens (including phenoxy) is 1. The predicted octanol–water partition coefficient (Wildman–Crippen LogP) is 2.41. The molecule has 160 valence electrons. The van der Waals surface area contributed by atoms with Gasteiger partial charge in [-0.3, -0.25) is 20.2 Å². The summed E-state index contributed by atoms with van der Waals surface area (Å²) in [5.74, 6) is 0.797. The maximum atomic E-state index is 13.4. The molecule has 2 aliphatic heterocycles. The summed E-state index contributed by atoms with van der Waals surface area (Å²) in [5, 5.41) is 15.4. The second kappa shape index (κ2) is 8.13. The van der Waals surface area contributed by atoms with E-state index >= 15 is 0 Å². The van der Waals surface area contributed by atoms with Crippen LogP contribution >= 0.6 is 0 Å². The van der Waals surface area contributed by atoms with Gasteiger partial charge in [-0.1, -0.05) is 36.4 Å². The van der Waals surface area contributed by atoms with Crippen LogP contribution in [0.3, 0.4) is 0 Å². The highest BCUT2D eigenvalue weighted by molar-refractivity contribution is 6.07. The first-order chi connectivity index (χ1) is 15.2. The molecule has 1 fully saturated rings. The molecule has 31 heavy (non-hydrogen) atoms. The number of fused-ring (bicyclic) bond motifs is 2. The number of carbonyl (C=O) groups is 1. The van der Waals surface area contributed by atoms with Gasteiger partial charge in [-0.25, -0.2) is 0 Å². The summed E-state index contributed by atoms with van der Waals surface area (Å²) < 4.78 is 5.20. The van der Waals surface area contributed by atoms with E-state index in [2.05, 4.69) is 33.0 Å². The lowest BCUT2D eigenvalue weighted by Gasteiger charge is -2.30. The number of H-pyrrole nitrogens is 1. The van der Waals surface area contributed by atoms with Crippen molar-refractivity contribution in [2.75, 3.05) is 38.7 Å². The van der Waals surface area contributed by atoms with E-state index in [1.807, 2.05) is 41.3 Å². The Morgan fingerprint density at radius 2 is 2.06 bits per heavy atom. The molecular weight excluding hydrogens is 392 g/mol. The monoisotopic (exact) mass is 418 g/mol. The molecule has 1 spiro atoms. The Morgan fingerprint density at radius 3 is 2.97 bits per heavy atom. The van der Waals surface area contributed by atoms with Gasteiger partial charge in [0.15, 0.2) is 5.69 Å². The largest absolute Gasteiger partial charge is 0.383 e. The number of methoxy groups -OCH3 is 1. The zero-order chi connectivity index (χ0) is 21.3. The molecule has 5 rings (SSSR count). The summed E-state index contributed by atoms with van der Waals surface area (Å²) in [6.45, 7) is 2.97. The standard InChI is InChI=1S/C23H26N6O2/c1-31-13-11-24-22-23(25-14-16-6-2-4-8-18(16)26-22)10-12-29(15-23)21(30)20-17-7-3-5-9-19(17)27-28-20/h2-9,25H,10-15H2,1H3,(H,24,26)(H,27,28). The van der Waals surface area contributed by atoms with E-state index in [1.165, 1.54) is 5.56 Å². The van der Waals surface area contributed by atoms with E-state index in [0.29, 0.717) is 38.5 Å². The van der Waals surface area contributed by atoms with Gasteiger partial charge in [0.25, 0.3) is 5.91 Å². The number of amidine groups is 1. The molecule has 2 aromatic carbocycles. The molecule has 0 saturated carbocycles. The van der Waals surface area contributed by atoms with Crippen molar-refractivity contribution in [1.82, 2.24) is 20.4 Å². The van der Waals surface area contributed by atoms with Gasteiger partial charge < -0.3 is 15.0 Å². The number of hydrogen-bond acceptors (Lipinski definition) is 5. The SMILES string of the molecule is COCCN=C1Nc2ccccc2CNC12CCN(C(=O)c1n[nH]c3ccccc13)C2. The van der Waals surface area contributed by atoms with Gasteiger partial charge in [-0.05, 0) is 24.1 Å². The number of aromatic nitrogens is 2. The lowest BCUT2D eigenvalue weighted by molar-refractivity contribution is 0.0782. The maximum absolute atomic E-state index is 13.4. The van der Waals surface area contributed by atoms with Crippen molar-refractivity contribution in [2.45, 2.75) is 18.5 Å². The Labute approximate surface area is 180 Å². The molecular formula is C23H26N6O2. The van der Waals surface area contributed by atoms with E-state index in [0.717, 1.165) is 28.8 Å². The van der Waals surface area contributed by atoms with Crippen molar-refractivity contribution in [3.8, 4) is 0 Å². The molecule has 0 radical (unpaired) electrons. The third kappa shape index (κ3) is 3.58. The molecule has 1 atom stereocenters. The first kappa shape index (κ1) is 19.7. The number of rotatable bonds is 4. The topological polar surface area (TPSA) is 94.6 Å². The van der Waals surface area contributed by atoms with Crippen LogP contribution in [0.2, 0.25) is 0 Å². The van der Waals surface area contributed by atoms with Crippen LogP contribution in [-0.4, -0.2) is 65.7 Å². The lowest BCUT2D eigenvalue weighted by Crippen LogP contribution is -2.55. The molecule has 1 saturated heterocycles. The Balaban J connectivity index is 1.44. The van der Waals surface area contributed by atoms with Crippen molar-refractivity contribution >= 4 is 28.3 Å². The molecule has 3 aromatic rings. The number of para-hydroxylation sites is 2. The Morgan fingerprint density at radius 1 is 1.23 bits per heavy atom. The molecule has 8 heteroatoms. The highest BCUT2D eigenvalue weighted by Gasteiger charge is 2.45. The van der Waals surface area contributed by atoms with E-state index in [-0.39, 0.29) is 5.91 Å². The minimum absolute atomic E-state index is 0.0610. The predicted molar refractivity (Wildman–Crippen MR) is 120 cm³/mol. The first-order valence-corrected chi connectivity index (χ1v) is 10.6. The molecule has 2 aliphatic rings. The molecule has 1 amide bonds. The number of benzene rings is 2. The average Bonchev–Trinajstić information content (AvgIpc) is 3.39. The van der Waals surface area contributed by atoms with Crippen LogP contribution in [0.5, 0.6) is 0 Å². The molecule has 3 N–H and O–H groups in total. The number of amides is 1. The van der Waals surface area contributed by atoms with Gasteiger partial charge in [0.05, 0.1) is 24.2 Å². The fraction of sp³-hybridized carbons (Fsp3) is 0.348. The molecule has 0 bridgehead atoms. The van der Waals surface area contributed by atoms with Gasteiger partial charge in [0.2, 0.25) is 0 Å². The van der Waals surface area contributed by atoms with E-state index in [1.54, 1.807) is 7.11 Å². The summed E-state index contributed by atoms with van der Waals surface area (Å²) >= 11 is 0. The summed E-state index contributed by atoms with van der Waals surface area (Å²) in [4.78, 5) is 20.1. The average molecular weight is 419 g/mol. The normalized spacial score (nSPS) is 22.0. The van der Waals surface area contributed by atoms with E-state index in [9.17, 15) is 4.79 Å². The highest BCUT2D eigenvalue weighted by Crippen LogP contribution is 2.31. The number of carbonyl (C=O) groups excluding carboxylic acids is 1. The van der Waals surface area contributed by atoms with Crippen LogP contribution < -0.4 is 10.6 Å². The smallest absolute Gasteiger partial charge is 0.275 e. The second-order valence-electron chi connectivity index (χ2n) is 8.04. The number of hydrogen-bond donors (Lipinski definition) is 3. The van der Waals surface area contributed by atoms with Gasteiger partial charge in [-0.15, -0.1) is 0 Å². The molecule has 1 unspecified atom stereocenters. The summed E-state index contributed by atoms with van der Waals surface area (Å²) in [7, 11) is 1.67. The van der Waals surface area contributed by atoms with Crippen LogP contribution in [0.4, 0.5) is 5.69 Å². The lowest BCUT2D eigenvalue weighted by atomic mass is 9.96. The van der Waals surface area contributed by atoms with Crippen LogP contribution in [0.1, 0.15) is 22.5 Å². The highest BCUT2D eigenvalue weighted by atomic mass is 16.5. The molecule has 0 aliphatic carbocycles. The quantitative estimate of drug-likeness (QED) is 0.566. The van der Waals surface area contributed by atoms with Gasteiger partial charge in [-0.2, -0.15) is 5.10 Å². The number of nitrogens with zero attached hydrogens (tertiary/aromatic N) is 3. The number of aromatic amines is 1. The second-order valence-corrected chi connectivity index (χ2v) is 8.04. The fourth-order valence-electron chi connectivity index (χ4n) is 4.43. The molecule has 3 heterocycles. The number of likely N-dealkylation sites (tertiary alicyclic amines) is 1. The number of aliphatic imine (C=N–C) groups is 1. The van der Waals surface area contributed by atoms with Crippen molar-refractivity contribution in [3.63, 3.8) is 0 Å². The Kier molecular flexibility index (Phi) is 5.17. The summed E-state index contributed by atoms with van der Waals surface area (Å²) in [5.41, 5.74) is 3.13. The zero-order valence-corrected chi connectivity index (χ0v) is 17.5. The van der Waals surface area contributed by atoms with Crippen LogP contribution in [0.15, 0.2) is 53.5 Å². The van der Waals surface area contributed by atoms with Crippen molar-refractivity contribution in [2.24, 2.45) is 4.99 Å². The van der Waals surface area contributed by atoms with Gasteiger partial charge >= 0.3 is 0 Å². The third-order valence-electron chi connectivity index (χ3n) is 6.14. The van der Waals surface area contributed by atoms with Gasteiger partial charge in [0, 0.05) is 37.8 Å². The van der Waals surface area contributed by atoms with Crippen molar-refractivity contribution in [1.29, 1.82) is 0 Å². The van der Waals surface area contributed by atoms with Crippen molar-refractivity contribution < 1.29 is 9.53 Å². The minimum Gasteiger partial charge on any atom is -0.383 e. The van der Waals surface area contributed by atoms with Crippen LogP contribution in [0.25, 0.3) is 10.9 Å². The molecule has 8 nitrogen and oxygen atoms in total. The number of anilines is 1.